The molecule has 0 saturated carbocycles. The van der Waals surface area contributed by atoms with Crippen LogP contribution in [0.2, 0.25) is 0 Å². The van der Waals surface area contributed by atoms with Crippen molar-refractivity contribution in [3.05, 3.63) is 78.7 Å². The van der Waals surface area contributed by atoms with Gasteiger partial charge in [0.2, 0.25) is 0 Å². The Labute approximate surface area is 187 Å². The number of carbonyl (C=O) groups excluding carboxylic acids is 2. The fraction of sp³-hybridized carbons (Fsp3) is 0.0476. The van der Waals surface area contributed by atoms with E-state index in [9.17, 15) is 14.7 Å². The van der Waals surface area contributed by atoms with Gasteiger partial charge in [0.25, 0.3) is 11.1 Å². The van der Waals surface area contributed by atoms with Gasteiger partial charge in [-0.1, -0.05) is 42.5 Å². The lowest BCUT2D eigenvalue weighted by Gasteiger charge is -2.14. The third-order valence-electron chi connectivity index (χ3n) is 4.42. The highest BCUT2D eigenvalue weighted by Crippen LogP contribution is 2.36. The molecule has 28 heavy (non-hydrogen) atoms. The van der Waals surface area contributed by atoms with Crippen molar-refractivity contribution in [2.45, 2.75) is 6.54 Å². The molecule has 140 valence electrons. The third-order valence-corrected chi connectivity index (χ3v) is 6.75. The summed E-state index contributed by atoms with van der Waals surface area (Å²) < 4.78 is 1.20. The molecule has 1 heterocycles. The maximum Gasteiger partial charge on any atom is 0.293 e. The summed E-state index contributed by atoms with van der Waals surface area (Å²) in [6.07, 6.45) is 1.68. The molecule has 0 aromatic heterocycles. The van der Waals surface area contributed by atoms with Crippen LogP contribution in [0.15, 0.2) is 64.0 Å². The zero-order chi connectivity index (χ0) is 19.8. The highest BCUT2D eigenvalue weighted by atomic mass is 127. The van der Waals surface area contributed by atoms with Crippen molar-refractivity contribution >= 4 is 78.3 Å². The lowest BCUT2D eigenvalue weighted by molar-refractivity contribution is -0.123. The van der Waals surface area contributed by atoms with Gasteiger partial charge in [-0.2, -0.15) is 0 Å². The van der Waals surface area contributed by atoms with Crippen molar-refractivity contribution in [2.24, 2.45) is 0 Å². The second-order valence-corrected chi connectivity index (χ2v) is 9.25. The van der Waals surface area contributed by atoms with Gasteiger partial charge >= 0.3 is 0 Å². The van der Waals surface area contributed by atoms with Crippen molar-refractivity contribution in [1.29, 1.82) is 0 Å². The number of halogens is 2. The number of nitrogens with zero attached hydrogens (tertiary/aromatic N) is 1. The van der Waals surface area contributed by atoms with E-state index >= 15 is 0 Å². The topological polar surface area (TPSA) is 57.6 Å². The van der Waals surface area contributed by atoms with E-state index < -0.39 is 0 Å². The second kappa shape index (κ2) is 7.88. The first-order valence-corrected chi connectivity index (χ1v) is 11.0. The van der Waals surface area contributed by atoms with Gasteiger partial charge < -0.3 is 5.11 Å². The number of rotatable bonds is 3. The monoisotopic (exact) mass is 565 g/mol. The van der Waals surface area contributed by atoms with E-state index in [4.69, 9.17) is 0 Å². The summed E-state index contributed by atoms with van der Waals surface area (Å²) in [5, 5.41) is 11.7. The summed E-state index contributed by atoms with van der Waals surface area (Å²) in [6, 6.07) is 17.3. The Kier molecular flexibility index (Phi) is 5.48. The summed E-state index contributed by atoms with van der Waals surface area (Å²) in [5.41, 5.74) is 1.67. The largest absolute Gasteiger partial charge is 0.506 e. The molecule has 0 bridgehead atoms. The van der Waals surface area contributed by atoms with Crippen LogP contribution in [0.1, 0.15) is 11.1 Å². The molecular formula is C21H13BrINO3S. The van der Waals surface area contributed by atoms with E-state index in [0.29, 0.717) is 12.9 Å². The number of aromatic hydroxyl groups is 1. The first-order valence-electron chi connectivity index (χ1n) is 8.34. The molecule has 0 unspecified atom stereocenters. The summed E-state index contributed by atoms with van der Waals surface area (Å²) in [5.74, 6) is -0.149. The zero-order valence-corrected chi connectivity index (χ0v) is 18.9. The minimum absolute atomic E-state index is 0.154. The predicted molar refractivity (Wildman–Crippen MR) is 124 cm³/mol. The molecule has 1 aliphatic rings. The Morgan fingerprint density at radius 2 is 1.86 bits per heavy atom. The molecule has 0 aliphatic carbocycles. The molecule has 1 saturated heterocycles. The molecule has 3 aromatic carbocycles. The van der Waals surface area contributed by atoms with Gasteiger partial charge in [-0.15, -0.1) is 0 Å². The van der Waals surface area contributed by atoms with Gasteiger partial charge in [0.15, 0.2) is 0 Å². The van der Waals surface area contributed by atoms with Crippen molar-refractivity contribution in [3.63, 3.8) is 0 Å². The standard InChI is InChI=1S/C21H13BrINO3S/c22-16-8-12(9-17(23)19(16)25)10-18-20(26)24(21(27)28-18)11-14-6-3-5-13-4-1-2-7-15(13)14/h1-10,25H,11H2/b18-10+. The molecule has 0 spiro atoms. The quantitative estimate of drug-likeness (QED) is 0.306. The van der Waals surface area contributed by atoms with E-state index in [2.05, 4.69) is 15.9 Å². The van der Waals surface area contributed by atoms with Crippen molar-refractivity contribution in [3.8, 4) is 5.75 Å². The molecule has 0 atom stereocenters. The Hall–Kier alpha value is -1.84. The van der Waals surface area contributed by atoms with E-state index in [1.807, 2.05) is 65.1 Å². The van der Waals surface area contributed by atoms with Gasteiger partial charge in [0.1, 0.15) is 5.75 Å². The van der Waals surface area contributed by atoms with Gasteiger partial charge in [0, 0.05) is 0 Å². The van der Waals surface area contributed by atoms with Crippen LogP contribution in [-0.2, 0) is 11.3 Å². The van der Waals surface area contributed by atoms with Crippen LogP contribution in [0.25, 0.3) is 16.8 Å². The number of amides is 2. The SMILES string of the molecule is O=C1S/C(=C/c2cc(Br)c(O)c(I)c2)C(=O)N1Cc1cccc2ccccc12. The smallest absolute Gasteiger partial charge is 0.293 e. The van der Waals surface area contributed by atoms with Gasteiger partial charge in [-0.3, -0.25) is 14.5 Å². The molecule has 1 fully saturated rings. The average Bonchev–Trinajstić information content (AvgIpc) is 2.93. The number of imide groups is 1. The Morgan fingerprint density at radius 1 is 1.11 bits per heavy atom. The first kappa shape index (κ1) is 19.5. The number of thioether (sulfide) groups is 1. The highest BCUT2D eigenvalue weighted by Gasteiger charge is 2.35. The van der Waals surface area contributed by atoms with Crippen molar-refractivity contribution in [1.82, 2.24) is 4.90 Å². The lowest BCUT2D eigenvalue weighted by atomic mass is 10.0. The van der Waals surface area contributed by atoms with Crippen LogP contribution in [0.5, 0.6) is 5.75 Å². The fourth-order valence-electron chi connectivity index (χ4n) is 3.06. The minimum atomic E-state index is -0.304. The molecule has 3 aromatic rings. The molecule has 4 nitrogen and oxygen atoms in total. The highest BCUT2D eigenvalue weighted by molar-refractivity contribution is 14.1. The van der Waals surface area contributed by atoms with E-state index in [-0.39, 0.29) is 23.4 Å². The molecule has 1 N–H and O–H groups in total. The summed E-state index contributed by atoms with van der Waals surface area (Å²) in [4.78, 5) is 27.0. The molecule has 7 heteroatoms. The van der Waals surface area contributed by atoms with Crippen LogP contribution >= 0.6 is 50.3 Å². The maximum atomic E-state index is 12.9. The fourth-order valence-corrected chi connectivity index (χ4v) is 5.39. The number of hydrogen-bond acceptors (Lipinski definition) is 4. The number of fused-ring (bicyclic) bond motifs is 1. The Bertz CT molecular complexity index is 1130. The van der Waals surface area contributed by atoms with Crippen LogP contribution < -0.4 is 0 Å². The van der Waals surface area contributed by atoms with E-state index in [1.54, 1.807) is 18.2 Å². The molecule has 2 amide bonds. The number of hydrogen-bond donors (Lipinski definition) is 1. The minimum Gasteiger partial charge on any atom is -0.506 e. The normalized spacial score (nSPS) is 15.8. The first-order chi connectivity index (χ1) is 13.4. The average molecular weight is 566 g/mol. The summed E-state index contributed by atoms with van der Waals surface area (Å²) in [7, 11) is 0. The number of carbonyl (C=O) groups is 2. The van der Waals surface area contributed by atoms with Gasteiger partial charge in [-0.05, 0) is 90.4 Å². The predicted octanol–water partition coefficient (Wildman–Crippen LogP) is 6.15. The van der Waals surface area contributed by atoms with Gasteiger partial charge in [-0.25, -0.2) is 0 Å². The van der Waals surface area contributed by atoms with Crippen LogP contribution in [0.4, 0.5) is 4.79 Å². The Balaban J connectivity index is 1.64. The van der Waals surface area contributed by atoms with Crippen molar-refractivity contribution < 1.29 is 14.7 Å². The van der Waals surface area contributed by atoms with Crippen LogP contribution in [0, 0.1) is 3.57 Å². The van der Waals surface area contributed by atoms with E-state index in [0.717, 1.165) is 33.7 Å². The second-order valence-electron chi connectivity index (χ2n) is 6.24. The number of benzene rings is 3. The van der Waals surface area contributed by atoms with E-state index in [1.165, 1.54) is 4.90 Å². The van der Waals surface area contributed by atoms with Crippen molar-refractivity contribution in [2.75, 3.05) is 0 Å². The number of phenolic OH excluding ortho intramolecular Hbond substituents is 1. The molecule has 1 aliphatic heterocycles. The molecule has 4 rings (SSSR count). The molecule has 0 radical (unpaired) electrons. The zero-order valence-electron chi connectivity index (χ0n) is 14.4. The summed E-state index contributed by atoms with van der Waals surface area (Å²) in [6.45, 7) is 0.236. The summed E-state index contributed by atoms with van der Waals surface area (Å²) >= 11 is 6.25. The maximum absolute atomic E-state index is 12.9. The third kappa shape index (κ3) is 3.70. The molecular weight excluding hydrogens is 553 g/mol. The van der Waals surface area contributed by atoms with Crippen LogP contribution in [0.3, 0.4) is 0 Å². The lowest BCUT2D eigenvalue weighted by Crippen LogP contribution is -2.27. The Morgan fingerprint density at radius 3 is 2.64 bits per heavy atom. The van der Waals surface area contributed by atoms with Gasteiger partial charge in [0.05, 0.1) is 19.5 Å². The number of phenols is 1. The van der Waals surface area contributed by atoms with Crippen LogP contribution in [-0.4, -0.2) is 21.2 Å².